The number of amides is 2. The topological polar surface area (TPSA) is 79.5 Å². The zero-order chi connectivity index (χ0) is 18.8. The lowest BCUT2D eigenvalue weighted by Crippen LogP contribution is -2.43. The minimum atomic E-state index is -0.0603. The Morgan fingerprint density at radius 3 is 2.37 bits per heavy atom. The molecular weight excluding hydrogens is 344 g/mol. The predicted molar refractivity (Wildman–Crippen MR) is 98.8 cm³/mol. The van der Waals surface area contributed by atoms with Gasteiger partial charge < -0.3 is 14.2 Å². The summed E-state index contributed by atoms with van der Waals surface area (Å²) >= 11 is 0. The van der Waals surface area contributed by atoms with E-state index in [0.29, 0.717) is 18.2 Å². The van der Waals surface area contributed by atoms with E-state index in [1.807, 2.05) is 16.7 Å². The molecule has 7 nitrogen and oxygen atoms in total. The molecule has 1 atom stereocenters. The van der Waals surface area contributed by atoms with Crippen LogP contribution in [-0.4, -0.2) is 51.4 Å². The SMILES string of the molecule is CCC(=O)N1CCC(c2nnc([C@@H]3CCCCN3C(=O)C3CCC3)o2)CC1. The molecule has 0 bridgehead atoms. The maximum Gasteiger partial charge on any atom is 0.238 e. The summed E-state index contributed by atoms with van der Waals surface area (Å²) < 4.78 is 6.08. The summed E-state index contributed by atoms with van der Waals surface area (Å²) in [6.07, 6.45) is 8.54. The summed E-state index contributed by atoms with van der Waals surface area (Å²) in [6, 6.07) is -0.0603. The molecule has 3 heterocycles. The molecule has 0 N–H and O–H groups in total. The fourth-order valence-electron chi connectivity index (χ4n) is 4.49. The standard InChI is InChI=1S/C20H30N4O3/c1-2-17(25)23-12-9-14(10-13-23)18-21-22-19(27-18)16-8-3-4-11-24(16)20(26)15-6-5-7-15/h14-16H,2-13H2,1H3/t16-/m0/s1. The minimum Gasteiger partial charge on any atom is -0.423 e. The van der Waals surface area contributed by atoms with Crippen LogP contribution in [0.15, 0.2) is 4.42 Å². The van der Waals surface area contributed by atoms with Crippen LogP contribution in [-0.2, 0) is 9.59 Å². The molecule has 1 saturated carbocycles. The maximum absolute atomic E-state index is 12.8. The lowest BCUT2D eigenvalue weighted by Gasteiger charge is -2.38. The molecule has 1 aliphatic carbocycles. The maximum atomic E-state index is 12.8. The lowest BCUT2D eigenvalue weighted by molar-refractivity contribution is -0.142. The van der Waals surface area contributed by atoms with Gasteiger partial charge in [-0.1, -0.05) is 13.3 Å². The summed E-state index contributed by atoms with van der Waals surface area (Å²) in [7, 11) is 0. The van der Waals surface area contributed by atoms with Gasteiger partial charge in [0.1, 0.15) is 6.04 Å². The van der Waals surface area contributed by atoms with Crippen molar-refractivity contribution in [3.8, 4) is 0 Å². The molecule has 2 saturated heterocycles. The van der Waals surface area contributed by atoms with Crippen molar-refractivity contribution >= 4 is 11.8 Å². The van der Waals surface area contributed by atoms with E-state index in [1.165, 1.54) is 6.42 Å². The average Bonchev–Trinajstić information content (AvgIpc) is 3.16. The number of rotatable bonds is 4. The Kier molecular flexibility index (Phi) is 5.45. The lowest BCUT2D eigenvalue weighted by atomic mass is 9.83. The van der Waals surface area contributed by atoms with E-state index in [1.54, 1.807) is 0 Å². The summed E-state index contributed by atoms with van der Waals surface area (Å²) in [5, 5.41) is 8.65. The van der Waals surface area contributed by atoms with Gasteiger partial charge in [-0.2, -0.15) is 0 Å². The van der Waals surface area contributed by atoms with Gasteiger partial charge in [0.25, 0.3) is 0 Å². The largest absolute Gasteiger partial charge is 0.423 e. The molecule has 27 heavy (non-hydrogen) atoms. The molecule has 1 aromatic heterocycles. The van der Waals surface area contributed by atoms with Crippen molar-refractivity contribution in [2.24, 2.45) is 5.92 Å². The number of hydrogen-bond acceptors (Lipinski definition) is 5. The van der Waals surface area contributed by atoms with Crippen molar-refractivity contribution in [1.82, 2.24) is 20.0 Å². The Labute approximate surface area is 160 Å². The van der Waals surface area contributed by atoms with Crippen LogP contribution in [0, 0.1) is 5.92 Å². The van der Waals surface area contributed by atoms with Crippen molar-refractivity contribution in [3.63, 3.8) is 0 Å². The zero-order valence-electron chi connectivity index (χ0n) is 16.2. The highest BCUT2D eigenvalue weighted by Gasteiger charge is 2.37. The van der Waals surface area contributed by atoms with Crippen molar-refractivity contribution in [1.29, 1.82) is 0 Å². The van der Waals surface area contributed by atoms with Crippen LogP contribution < -0.4 is 0 Å². The summed E-state index contributed by atoms with van der Waals surface area (Å²) in [5.41, 5.74) is 0. The third kappa shape index (κ3) is 3.73. The summed E-state index contributed by atoms with van der Waals surface area (Å²) in [6.45, 7) is 4.21. The molecule has 4 rings (SSSR count). The molecular formula is C20H30N4O3. The van der Waals surface area contributed by atoms with E-state index < -0.39 is 0 Å². The second kappa shape index (κ2) is 7.98. The number of carbonyl (C=O) groups excluding carboxylic acids is 2. The highest BCUT2D eigenvalue weighted by molar-refractivity contribution is 5.80. The molecule has 2 amide bonds. The van der Waals surface area contributed by atoms with Crippen LogP contribution in [0.4, 0.5) is 0 Å². The van der Waals surface area contributed by atoms with Crippen molar-refractivity contribution in [2.45, 2.75) is 76.7 Å². The van der Waals surface area contributed by atoms with Gasteiger partial charge in [-0.25, -0.2) is 0 Å². The molecule has 3 fully saturated rings. The fraction of sp³-hybridized carbons (Fsp3) is 0.800. The monoisotopic (exact) mass is 374 g/mol. The van der Waals surface area contributed by atoms with Crippen molar-refractivity contribution < 1.29 is 14.0 Å². The van der Waals surface area contributed by atoms with E-state index >= 15 is 0 Å². The highest BCUT2D eigenvalue weighted by atomic mass is 16.4. The van der Waals surface area contributed by atoms with Gasteiger partial charge in [-0.05, 0) is 44.9 Å². The molecule has 1 aromatic rings. The number of aromatic nitrogens is 2. The van der Waals surface area contributed by atoms with E-state index in [2.05, 4.69) is 10.2 Å². The van der Waals surface area contributed by atoms with Crippen LogP contribution in [0.1, 0.15) is 88.5 Å². The second-order valence-corrected chi connectivity index (χ2v) is 8.16. The van der Waals surface area contributed by atoms with Gasteiger partial charge in [0.15, 0.2) is 0 Å². The molecule has 0 unspecified atom stereocenters. The Hall–Kier alpha value is -1.92. The smallest absolute Gasteiger partial charge is 0.238 e. The third-order valence-corrected chi connectivity index (χ3v) is 6.48. The summed E-state index contributed by atoms with van der Waals surface area (Å²) in [5.74, 6) is 2.18. The van der Waals surface area contributed by atoms with Crippen LogP contribution in [0.3, 0.4) is 0 Å². The Bertz CT molecular complexity index is 677. The first-order chi connectivity index (χ1) is 13.2. The predicted octanol–water partition coefficient (Wildman–Crippen LogP) is 3.04. The Morgan fingerprint density at radius 1 is 0.963 bits per heavy atom. The first kappa shape index (κ1) is 18.4. The van der Waals surface area contributed by atoms with Gasteiger partial charge in [-0.3, -0.25) is 9.59 Å². The number of likely N-dealkylation sites (tertiary alicyclic amines) is 2. The van der Waals surface area contributed by atoms with E-state index in [-0.39, 0.29) is 29.7 Å². The Morgan fingerprint density at radius 2 is 1.70 bits per heavy atom. The zero-order valence-corrected chi connectivity index (χ0v) is 16.2. The van der Waals surface area contributed by atoms with Gasteiger partial charge in [0.2, 0.25) is 23.6 Å². The van der Waals surface area contributed by atoms with Crippen molar-refractivity contribution in [3.05, 3.63) is 11.8 Å². The van der Waals surface area contributed by atoms with Crippen LogP contribution >= 0.6 is 0 Å². The van der Waals surface area contributed by atoms with E-state index in [4.69, 9.17) is 4.42 Å². The molecule has 0 aromatic carbocycles. The molecule has 0 radical (unpaired) electrons. The van der Waals surface area contributed by atoms with Crippen LogP contribution in [0.2, 0.25) is 0 Å². The van der Waals surface area contributed by atoms with Gasteiger partial charge in [0.05, 0.1) is 0 Å². The van der Waals surface area contributed by atoms with Crippen LogP contribution in [0.25, 0.3) is 0 Å². The third-order valence-electron chi connectivity index (χ3n) is 6.48. The number of piperidine rings is 2. The van der Waals surface area contributed by atoms with Gasteiger partial charge in [-0.15, -0.1) is 10.2 Å². The summed E-state index contributed by atoms with van der Waals surface area (Å²) in [4.78, 5) is 28.6. The van der Waals surface area contributed by atoms with Crippen LogP contribution in [0.5, 0.6) is 0 Å². The van der Waals surface area contributed by atoms with Gasteiger partial charge >= 0.3 is 0 Å². The molecule has 148 valence electrons. The second-order valence-electron chi connectivity index (χ2n) is 8.16. The molecule has 0 spiro atoms. The molecule has 2 aliphatic heterocycles. The first-order valence-corrected chi connectivity index (χ1v) is 10.6. The quantitative estimate of drug-likeness (QED) is 0.809. The fourth-order valence-corrected chi connectivity index (χ4v) is 4.49. The molecule has 7 heteroatoms. The van der Waals surface area contributed by atoms with E-state index in [0.717, 1.165) is 64.6 Å². The minimum absolute atomic E-state index is 0.0603. The normalized spacial score (nSPS) is 24.7. The van der Waals surface area contributed by atoms with E-state index in [9.17, 15) is 9.59 Å². The van der Waals surface area contributed by atoms with Crippen molar-refractivity contribution in [2.75, 3.05) is 19.6 Å². The number of hydrogen-bond donors (Lipinski definition) is 0. The number of nitrogens with zero attached hydrogens (tertiary/aromatic N) is 4. The van der Waals surface area contributed by atoms with Gasteiger partial charge in [0, 0.05) is 37.9 Å². The molecule has 3 aliphatic rings. The highest BCUT2D eigenvalue weighted by Crippen LogP contribution is 2.37. The first-order valence-electron chi connectivity index (χ1n) is 10.6. The Balaban J connectivity index is 1.42. The number of carbonyl (C=O) groups is 2. The average molecular weight is 374 g/mol.